The minimum Gasteiger partial charge on any atom is -0.424 e. The molecule has 2 aromatic heterocycles. The minimum atomic E-state index is -4.50. The molecule has 88 valence electrons. The van der Waals surface area contributed by atoms with Gasteiger partial charge in [0.2, 0.25) is 0 Å². The molecule has 0 unspecified atom stereocenters. The van der Waals surface area contributed by atoms with E-state index in [1.807, 2.05) is 0 Å². The van der Waals surface area contributed by atoms with Gasteiger partial charge in [-0.3, -0.25) is 4.98 Å². The zero-order valence-corrected chi connectivity index (χ0v) is 8.35. The minimum absolute atomic E-state index is 0.0153. The first kappa shape index (κ1) is 11.3. The number of rotatable bonds is 2. The van der Waals surface area contributed by atoms with Gasteiger partial charge in [0, 0.05) is 24.7 Å². The van der Waals surface area contributed by atoms with Crippen LogP contribution in [0.2, 0.25) is 0 Å². The van der Waals surface area contributed by atoms with Crippen molar-refractivity contribution in [2.24, 2.45) is 0 Å². The van der Waals surface area contributed by atoms with E-state index < -0.39 is 11.9 Å². The van der Waals surface area contributed by atoms with Crippen molar-refractivity contribution in [1.29, 1.82) is 0 Å². The Labute approximate surface area is 94.1 Å². The van der Waals surface area contributed by atoms with E-state index in [1.54, 1.807) is 6.07 Å². The van der Waals surface area contributed by atoms with Gasteiger partial charge in [0.15, 0.2) is 0 Å². The molecule has 0 atom stereocenters. The Hall–Kier alpha value is -2.18. The third kappa shape index (κ3) is 2.90. The number of hydrogen-bond donors (Lipinski definition) is 0. The fourth-order valence-corrected chi connectivity index (χ4v) is 1.07. The topological polar surface area (TPSA) is 47.9 Å². The van der Waals surface area contributed by atoms with Gasteiger partial charge in [0.1, 0.15) is 11.4 Å². The van der Waals surface area contributed by atoms with E-state index in [9.17, 15) is 13.2 Å². The van der Waals surface area contributed by atoms with Crippen LogP contribution in [0, 0.1) is 0 Å². The van der Waals surface area contributed by atoms with Crippen LogP contribution in [-0.2, 0) is 6.18 Å². The first-order valence-electron chi connectivity index (χ1n) is 4.54. The van der Waals surface area contributed by atoms with Crippen LogP contribution in [0.1, 0.15) is 5.69 Å². The van der Waals surface area contributed by atoms with Crippen molar-refractivity contribution in [1.82, 2.24) is 15.0 Å². The number of pyridine rings is 1. The van der Waals surface area contributed by atoms with Crippen LogP contribution in [0.3, 0.4) is 0 Å². The molecule has 0 aliphatic carbocycles. The van der Waals surface area contributed by atoms with Gasteiger partial charge in [-0.15, -0.1) is 0 Å². The van der Waals surface area contributed by atoms with Crippen molar-refractivity contribution in [2.75, 3.05) is 0 Å². The number of halogens is 3. The second kappa shape index (κ2) is 4.36. The zero-order valence-electron chi connectivity index (χ0n) is 8.35. The lowest BCUT2D eigenvalue weighted by Crippen LogP contribution is -2.07. The Bertz CT molecular complexity index is 502. The van der Waals surface area contributed by atoms with Crippen LogP contribution < -0.4 is 4.74 Å². The molecular weight excluding hydrogens is 235 g/mol. The van der Waals surface area contributed by atoms with Crippen molar-refractivity contribution in [3.8, 4) is 11.8 Å². The molecular formula is C10H6F3N3O. The van der Waals surface area contributed by atoms with Gasteiger partial charge in [0.05, 0.1) is 0 Å². The third-order valence-corrected chi connectivity index (χ3v) is 1.77. The summed E-state index contributed by atoms with van der Waals surface area (Å²) >= 11 is 0. The lowest BCUT2D eigenvalue weighted by molar-refractivity contribution is -0.141. The van der Waals surface area contributed by atoms with E-state index in [0.29, 0.717) is 0 Å². The Balaban J connectivity index is 2.23. The predicted molar refractivity (Wildman–Crippen MR) is 51.3 cm³/mol. The molecule has 0 saturated heterocycles. The third-order valence-electron chi connectivity index (χ3n) is 1.77. The molecule has 0 N–H and O–H groups in total. The van der Waals surface area contributed by atoms with E-state index in [1.165, 1.54) is 18.5 Å². The first-order chi connectivity index (χ1) is 8.05. The van der Waals surface area contributed by atoms with Gasteiger partial charge in [-0.25, -0.2) is 9.97 Å². The molecule has 7 heteroatoms. The van der Waals surface area contributed by atoms with Crippen molar-refractivity contribution in [3.63, 3.8) is 0 Å². The number of aromatic nitrogens is 3. The summed E-state index contributed by atoms with van der Waals surface area (Å²) in [6.45, 7) is 0. The molecule has 2 heterocycles. The Morgan fingerprint density at radius 3 is 2.35 bits per heavy atom. The lowest BCUT2D eigenvalue weighted by Gasteiger charge is -2.07. The Morgan fingerprint density at radius 1 is 1.00 bits per heavy atom. The van der Waals surface area contributed by atoms with Crippen LogP contribution in [0.5, 0.6) is 11.8 Å². The number of ether oxygens (including phenoxy) is 1. The number of hydrogen-bond acceptors (Lipinski definition) is 4. The summed E-state index contributed by atoms with van der Waals surface area (Å²) in [5.41, 5.74) is -1.02. The van der Waals surface area contributed by atoms with Crippen molar-refractivity contribution in [2.45, 2.75) is 6.18 Å². The summed E-state index contributed by atoms with van der Waals surface area (Å²) in [6, 6.07) is 3.63. The van der Waals surface area contributed by atoms with Crippen LogP contribution in [0.25, 0.3) is 0 Å². The average Bonchev–Trinajstić information content (AvgIpc) is 2.29. The summed E-state index contributed by atoms with van der Waals surface area (Å²) in [6.07, 6.45) is -0.638. The number of nitrogens with zero attached hydrogens (tertiary/aromatic N) is 3. The van der Waals surface area contributed by atoms with E-state index in [4.69, 9.17) is 4.74 Å². The molecule has 0 aliphatic rings. The van der Waals surface area contributed by atoms with E-state index in [0.717, 1.165) is 12.3 Å². The largest absolute Gasteiger partial charge is 0.433 e. The lowest BCUT2D eigenvalue weighted by atomic mass is 10.3. The van der Waals surface area contributed by atoms with E-state index in [2.05, 4.69) is 15.0 Å². The molecule has 0 bridgehead atoms. The SMILES string of the molecule is FC(F)(F)c1cc(Oc2ncccn2)ccn1. The molecule has 0 aromatic carbocycles. The van der Waals surface area contributed by atoms with Crippen LogP contribution in [0.4, 0.5) is 13.2 Å². The molecule has 2 aromatic rings. The summed E-state index contributed by atoms with van der Waals surface area (Å²) < 4.78 is 42.1. The van der Waals surface area contributed by atoms with E-state index in [-0.39, 0.29) is 11.8 Å². The maximum Gasteiger partial charge on any atom is 0.433 e. The smallest absolute Gasteiger partial charge is 0.424 e. The highest BCUT2D eigenvalue weighted by molar-refractivity contribution is 5.26. The summed E-state index contributed by atoms with van der Waals surface area (Å²) in [5.74, 6) is -0.0153. The highest BCUT2D eigenvalue weighted by atomic mass is 19.4. The standard InChI is InChI=1S/C10H6F3N3O/c11-10(12,13)8-6-7(2-5-14-8)17-9-15-3-1-4-16-9/h1-6H. The molecule has 0 fully saturated rings. The maximum atomic E-state index is 12.4. The zero-order chi connectivity index (χ0) is 12.3. The number of alkyl halides is 3. The second-order valence-electron chi connectivity index (χ2n) is 3.01. The normalized spacial score (nSPS) is 11.2. The quantitative estimate of drug-likeness (QED) is 0.811. The Kier molecular flexibility index (Phi) is 2.90. The van der Waals surface area contributed by atoms with Gasteiger partial charge < -0.3 is 4.74 Å². The summed E-state index contributed by atoms with van der Waals surface area (Å²) in [4.78, 5) is 10.7. The molecule has 0 amide bonds. The molecule has 0 aliphatic heterocycles. The van der Waals surface area contributed by atoms with Gasteiger partial charge in [-0.1, -0.05) is 0 Å². The van der Waals surface area contributed by atoms with Gasteiger partial charge >= 0.3 is 12.2 Å². The molecule has 0 radical (unpaired) electrons. The van der Waals surface area contributed by atoms with Crippen LogP contribution in [0.15, 0.2) is 36.8 Å². The average molecular weight is 241 g/mol. The van der Waals surface area contributed by atoms with Crippen LogP contribution >= 0.6 is 0 Å². The van der Waals surface area contributed by atoms with Crippen molar-refractivity contribution in [3.05, 3.63) is 42.5 Å². The van der Waals surface area contributed by atoms with Crippen molar-refractivity contribution < 1.29 is 17.9 Å². The van der Waals surface area contributed by atoms with Crippen LogP contribution in [-0.4, -0.2) is 15.0 Å². The predicted octanol–water partition coefficient (Wildman–Crippen LogP) is 2.68. The molecule has 0 spiro atoms. The first-order valence-corrected chi connectivity index (χ1v) is 4.54. The fraction of sp³-hybridized carbons (Fsp3) is 0.100. The maximum absolute atomic E-state index is 12.4. The molecule has 2 rings (SSSR count). The second-order valence-corrected chi connectivity index (χ2v) is 3.01. The molecule has 4 nitrogen and oxygen atoms in total. The molecule has 17 heavy (non-hydrogen) atoms. The molecule has 0 saturated carbocycles. The van der Waals surface area contributed by atoms with Gasteiger partial charge in [0.25, 0.3) is 0 Å². The van der Waals surface area contributed by atoms with Gasteiger partial charge in [-0.05, 0) is 12.1 Å². The highest BCUT2D eigenvalue weighted by Crippen LogP contribution is 2.30. The highest BCUT2D eigenvalue weighted by Gasteiger charge is 2.32. The summed E-state index contributed by atoms with van der Waals surface area (Å²) in [5, 5.41) is 0. The monoisotopic (exact) mass is 241 g/mol. The van der Waals surface area contributed by atoms with Crippen molar-refractivity contribution >= 4 is 0 Å². The summed E-state index contributed by atoms with van der Waals surface area (Å²) in [7, 11) is 0. The van der Waals surface area contributed by atoms with E-state index >= 15 is 0 Å². The fourth-order valence-electron chi connectivity index (χ4n) is 1.07. The van der Waals surface area contributed by atoms with Gasteiger partial charge in [-0.2, -0.15) is 13.2 Å². The Morgan fingerprint density at radius 2 is 1.71 bits per heavy atom.